The molecule has 1 amide bonds. The van der Waals surface area contributed by atoms with Crippen LogP contribution < -0.4 is 14.4 Å². The van der Waals surface area contributed by atoms with Gasteiger partial charge in [-0.25, -0.2) is 8.42 Å². The first-order chi connectivity index (χ1) is 16.2. The minimum absolute atomic E-state index is 0.137. The third kappa shape index (κ3) is 5.96. The number of hydrogen-bond donors (Lipinski definition) is 1. The zero-order chi connectivity index (χ0) is 24.7. The first kappa shape index (κ1) is 25.3. The molecule has 0 aliphatic rings. The molecular formula is C25H32N4O4S. The highest BCUT2D eigenvalue weighted by Gasteiger charge is 2.28. The summed E-state index contributed by atoms with van der Waals surface area (Å²) in [7, 11) is -0.865. The number of carbonyl (C=O) groups excluding carboxylic acids is 1. The lowest BCUT2D eigenvalue weighted by molar-refractivity contribution is 0.102. The van der Waals surface area contributed by atoms with E-state index in [1.165, 1.54) is 30.8 Å². The number of anilines is 2. The second-order valence-corrected chi connectivity index (χ2v) is 10.1. The predicted octanol–water partition coefficient (Wildman–Crippen LogP) is 4.77. The molecule has 0 radical (unpaired) electrons. The number of carbonyl (C=O) groups is 1. The number of rotatable bonds is 11. The van der Waals surface area contributed by atoms with E-state index < -0.39 is 15.9 Å². The van der Waals surface area contributed by atoms with Crippen molar-refractivity contribution in [3.8, 4) is 5.75 Å². The quantitative estimate of drug-likeness (QED) is 0.396. The maximum Gasteiger partial charge on any atom is 0.265 e. The number of sulfonamides is 1. The summed E-state index contributed by atoms with van der Waals surface area (Å²) < 4.78 is 34.5. The van der Waals surface area contributed by atoms with Crippen molar-refractivity contribution in [2.24, 2.45) is 7.05 Å². The third-order valence-corrected chi connectivity index (χ3v) is 7.27. The van der Waals surface area contributed by atoms with Crippen LogP contribution in [0.3, 0.4) is 0 Å². The topological polar surface area (TPSA) is 93.5 Å². The summed E-state index contributed by atoms with van der Waals surface area (Å²) in [5.41, 5.74) is 1.68. The number of nitrogens with zero attached hydrogens (tertiary/aromatic N) is 3. The van der Waals surface area contributed by atoms with Gasteiger partial charge in [0.05, 0.1) is 17.7 Å². The van der Waals surface area contributed by atoms with E-state index in [9.17, 15) is 13.2 Å². The SMILES string of the molecule is CCCCCCOc1ccc(NC(=O)c2cnn(C)c2N(C)S(=O)(=O)c2ccc(C)cc2)cc1. The van der Waals surface area contributed by atoms with Crippen molar-refractivity contribution in [2.45, 2.75) is 44.4 Å². The van der Waals surface area contributed by atoms with Crippen molar-refractivity contribution >= 4 is 27.4 Å². The van der Waals surface area contributed by atoms with E-state index >= 15 is 0 Å². The standard InChI is InChI=1S/C25H32N4O4S/c1-5-6-7-8-17-33-21-13-11-20(12-14-21)27-24(30)23-18-26-28(3)25(23)29(4)34(31,32)22-15-9-19(2)10-16-22/h9-16,18H,5-8,17H2,1-4H3,(H,27,30). The lowest BCUT2D eigenvalue weighted by atomic mass is 10.2. The molecule has 3 aromatic rings. The number of benzene rings is 2. The lowest BCUT2D eigenvalue weighted by Crippen LogP contribution is -2.30. The molecule has 0 spiro atoms. The third-order valence-electron chi connectivity index (χ3n) is 5.51. The Morgan fingerprint density at radius 2 is 1.74 bits per heavy atom. The van der Waals surface area contributed by atoms with Crippen LogP contribution in [-0.2, 0) is 17.1 Å². The van der Waals surface area contributed by atoms with Gasteiger partial charge in [-0.05, 0) is 49.7 Å². The molecule has 9 heteroatoms. The second-order valence-electron chi connectivity index (χ2n) is 8.18. The number of hydrogen-bond acceptors (Lipinski definition) is 5. The van der Waals surface area contributed by atoms with Gasteiger partial charge in [-0.3, -0.25) is 13.8 Å². The summed E-state index contributed by atoms with van der Waals surface area (Å²) in [6.45, 7) is 4.71. The van der Waals surface area contributed by atoms with Crippen LogP contribution in [0.4, 0.5) is 11.5 Å². The number of aryl methyl sites for hydroxylation is 2. The molecule has 0 aliphatic heterocycles. The van der Waals surface area contributed by atoms with Gasteiger partial charge < -0.3 is 10.1 Å². The molecule has 8 nitrogen and oxygen atoms in total. The molecule has 0 fully saturated rings. The monoisotopic (exact) mass is 484 g/mol. The summed E-state index contributed by atoms with van der Waals surface area (Å²) in [5, 5.41) is 6.93. The predicted molar refractivity (Wildman–Crippen MR) is 134 cm³/mol. The molecule has 0 atom stereocenters. The molecule has 2 aromatic carbocycles. The average molecular weight is 485 g/mol. The fraction of sp³-hybridized carbons (Fsp3) is 0.360. The van der Waals surface area contributed by atoms with Crippen molar-refractivity contribution in [1.29, 1.82) is 0 Å². The Kier molecular flexibility index (Phi) is 8.33. The Morgan fingerprint density at radius 3 is 2.38 bits per heavy atom. The van der Waals surface area contributed by atoms with E-state index in [-0.39, 0.29) is 16.3 Å². The van der Waals surface area contributed by atoms with Crippen LogP contribution in [0.5, 0.6) is 5.75 Å². The van der Waals surface area contributed by atoms with Crippen LogP contribution in [0.15, 0.2) is 59.6 Å². The highest BCUT2D eigenvalue weighted by Crippen LogP contribution is 2.26. The van der Waals surface area contributed by atoms with E-state index in [2.05, 4.69) is 17.3 Å². The molecule has 34 heavy (non-hydrogen) atoms. The molecule has 0 saturated heterocycles. The van der Waals surface area contributed by atoms with Crippen LogP contribution in [0.2, 0.25) is 0 Å². The molecule has 1 N–H and O–H groups in total. The van der Waals surface area contributed by atoms with Crippen LogP contribution in [0.1, 0.15) is 48.5 Å². The minimum Gasteiger partial charge on any atom is -0.494 e. The normalized spacial score (nSPS) is 11.3. The number of ether oxygens (including phenoxy) is 1. The molecule has 0 unspecified atom stereocenters. The van der Waals surface area contributed by atoms with Gasteiger partial charge in [0, 0.05) is 19.8 Å². The summed E-state index contributed by atoms with van der Waals surface area (Å²) in [6.07, 6.45) is 5.90. The van der Waals surface area contributed by atoms with Gasteiger partial charge in [0.2, 0.25) is 0 Å². The first-order valence-electron chi connectivity index (χ1n) is 11.4. The lowest BCUT2D eigenvalue weighted by Gasteiger charge is -2.21. The van der Waals surface area contributed by atoms with Gasteiger partial charge in [0.1, 0.15) is 11.3 Å². The number of amides is 1. The highest BCUT2D eigenvalue weighted by molar-refractivity contribution is 7.92. The first-order valence-corrected chi connectivity index (χ1v) is 12.8. The van der Waals surface area contributed by atoms with E-state index in [0.717, 1.165) is 28.5 Å². The van der Waals surface area contributed by atoms with E-state index in [4.69, 9.17) is 4.74 Å². The van der Waals surface area contributed by atoms with Crippen molar-refractivity contribution in [3.63, 3.8) is 0 Å². The minimum atomic E-state index is -3.87. The Labute approximate surface area is 201 Å². The summed E-state index contributed by atoms with van der Waals surface area (Å²) in [4.78, 5) is 13.1. The Bertz CT molecular complexity index is 1200. The van der Waals surface area contributed by atoms with E-state index in [0.29, 0.717) is 12.3 Å². The zero-order valence-electron chi connectivity index (χ0n) is 20.1. The smallest absolute Gasteiger partial charge is 0.265 e. The van der Waals surface area contributed by atoms with Crippen LogP contribution in [-0.4, -0.2) is 37.8 Å². The maximum absolute atomic E-state index is 13.1. The van der Waals surface area contributed by atoms with Gasteiger partial charge in [0.15, 0.2) is 5.82 Å². The number of aromatic nitrogens is 2. The van der Waals surface area contributed by atoms with Gasteiger partial charge in [-0.15, -0.1) is 0 Å². The van der Waals surface area contributed by atoms with Crippen LogP contribution >= 0.6 is 0 Å². The van der Waals surface area contributed by atoms with Gasteiger partial charge in [-0.1, -0.05) is 43.9 Å². The van der Waals surface area contributed by atoms with Crippen molar-refractivity contribution < 1.29 is 17.9 Å². The van der Waals surface area contributed by atoms with Crippen LogP contribution in [0.25, 0.3) is 0 Å². The molecule has 3 rings (SSSR count). The maximum atomic E-state index is 13.1. The second kappa shape index (κ2) is 11.2. The molecule has 182 valence electrons. The number of nitrogens with one attached hydrogen (secondary N) is 1. The Balaban J connectivity index is 1.72. The average Bonchev–Trinajstić information content (AvgIpc) is 3.21. The summed E-state index contributed by atoms with van der Waals surface area (Å²) >= 11 is 0. The fourth-order valence-electron chi connectivity index (χ4n) is 3.50. The van der Waals surface area contributed by atoms with Gasteiger partial charge in [-0.2, -0.15) is 5.10 Å². The van der Waals surface area contributed by atoms with Gasteiger partial charge >= 0.3 is 0 Å². The van der Waals surface area contributed by atoms with Gasteiger partial charge in [0.25, 0.3) is 15.9 Å². The summed E-state index contributed by atoms with van der Waals surface area (Å²) in [5.74, 6) is 0.452. The Morgan fingerprint density at radius 1 is 1.06 bits per heavy atom. The number of unbranched alkanes of at least 4 members (excludes halogenated alkanes) is 3. The highest BCUT2D eigenvalue weighted by atomic mass is 32.2. The molecular weight excluding hydrogens is 452 g/mol. The largest absolute Gasteiger partial charge is 0.494 e. The molecule has 0 saturated carbocycles. The van der Waals surface area contributed by atoms with Crippen molar-refractivity contribution in [1.82, 2.24) is 9.78 Å². The molecule has 1 heterocycles. The molecule has 1 aromatic heterocycles. The van der Waals surface area contributed by atoms with Crippen molar-refractivity contribution in [2.75, 3.05) is 23.3 Å². The molecule has 0 aliphatic carbocycles. The van der Waals surface area contributed by atoms with E-state index in [1.807, 2.05) is 6.92 Å². The van der Waals surface area contributed by atoms with E-state index in [1.54, 1.807) is 55.6 Å². The summed E-state index contributed by atoms with van der Waals surface area (Å²) in [6, 6.07) is 13.7. The fourth-order valence-corrected chi connectivity index (χ4v) is 4.74. The molecule has 0 bridgehead atoms. The Hall–Kier alpha value is -3.33. The van der Waals surface area contributed by atoms with Crippen LogP contribution in [0, 0.1) is 6.92 Å². The zero-order valence-corrected chi connectivity index (χ0v) is 20.9. The van der Waals surface area contributed by atoms with Crippen molar-refractivity contribution in [3.05, 3.63) is 65.9 Å².